The lowest BCUT2D eigenvalue weighted by Gasteiger charge is -2.20. The minimum atomic E-state index is 0.504. The first-order valence-corrected chi connectivity index (χ1v) is 5.60. The molecular formula is C9H12BrNO2. The molecule has 1 saturated heterocycles. The van der Waals surface area contributed by atoms with Crippen molar-refractivity contribution in [1.82, 2.24) is 4.98 Å². The summed E-state index contributed by atoms with van der Waals surface area (Å²) >= 11 is 3.40. The Balaban J connectivity index is 2.13. The van der Waals surface area contributed by atoms with Crippen LogP contribution in [-0.2, 0) is 10.1 Å². The molecule has 0 aromatic carbocycles. The fourth-order valence-electron chi connectivity index (χ4n) is 1.67. The average Bonchev–Trinajstić information content (AvgIpc) is 2.67. The van der Waals surface area contributed by atoms with Gasteiger partial charge in [-0.25, -0.2) is 4.98 Å². The Kier molecular flexibility index (Phi) is 3.01. The number of halogens is 1. The van der Waals surface area contributed by atoms with Gasteiger partial charge in [0.25, 0.3) is 0 Å². The molecule has 1 fully saturated rings. The molecule has 2 heterocycles. The molecule has 0 amide bonds. The van der Waals surface area contributed by atoms with E-state index in [1.165, 1.54) is 6.39 Å². The highest BCUT2D eigenvalue weighted by Crippen LogP contribution is 2.29. The SMILES string of the molecule is BrCc1ncoc1C1CCOCC1. The van der Waals surface area contributed by atoms with Crippen molar-refractivity contribution in [3.63, 3.8) is 0 Å². The van der Waals surface area contributed by atoms with Gasteiger partial charge in [0.2, 0.25) is 0 Å². The smallest absolute Gasteiger partial charge is 0.181 e. The summed E-state index contributed by atoms with van der Waals surface area (Å²) in [5.41, 5.74) is 1.03. The summed E-state index contributed by atoms with van der Waals surface area (Å²) in [5.74, 6) is 1.55. The fourth-order valence-corrected chi connectivity index (χ4v) is 2.09. The molecule has 1 aromatic rings. The highest BCUT2D eigenvalue weighted by molar-refractivity contribution is 9.08. The maximum absolute atomic E-state index is 5.40. The van der Waals surface area contributed by atoms with Gasteiger partial charge in [0.15, 0.2) is 6.39 Å². The molecule has 2 rings (SSSR count). The second kappa shape index (κ2) is 4.24. The molecule has 3 nitrogen and oxygen atoms in total. The minimum absolute atomic E-state index is 0.504. The second-order valence-electron chi connectivity index (χ2n) is 3.18. The van der Waals surface area contributed by atoms with Gasteiger partial charge in [-0.15, -0.1) is 0 Å². The molecule has 1 aliphatic heterocycles. The molecule has 4 heteroatoms. The normalized spacial score (nSPS) is 19.2. The summed E-state index contributed by atoms with van der Waals surface area (Å²) in [7, 11) is 0. The summed E-state index contributed by atoms with van der Waals surface area (Å²) in [6.07, 6.45) is 3.63. The van der Waals surface area contributed by atoms with Crippen molar-refractivity contribution in [3.05, 3.63) is 17.8 Å². The third-order valence-electron chi connectivity index (χ3n) is 2.39. The molecular weight excluding hydrogens is 234 g/mol. The van der Waals surface area contributed by atoms with Crippen molar-refractivity contribution in [2.75, 3.05) is 13.2 Å². The molecule has 72 valence electrons. The summed E-state index contributed by atoms with van der Waals surface area (Å²) in [4.78, 5) is 4.16. The summed E-state index contributed by atoms with van der Waals surface area (Å²) in [6.45, 7) is 1.68. The lowest BCUT2D eigenvalue weighted by Crippen LogP contribution is -2.14. The monoisotopic (exact) mass is 245 g/mol. The largest absolute Gasteiger partial charge is 0.448 e. The molecule has 0 bridgehead atoms. The number of aromatic nitrogens is 1. The fraction of sp³-hybridized carbons (Fsp3) is 0.667. The van der Waals surface area contributed by atoms with Crippen LogP contribution < -0.4 is 0 Å². The van der Waals surface area contributed by atoms with Crippen LogP contribution in [-0.4, -0.2) is 18.2 Å². The van der Waals surface area contributed by atoms with Crippen molar-refractivity contribution in [1.29, 1.82) is 0 Å². The molecule has 0 unspecified atom stereocenters. The van der Waals surface area contributed by atoms with Crippen LogP contribution in [0.25, 0.3) is 0 Å². The molecule has 0 radical (unpaired) electrons. The zero-order valence-corrected chi connectivity index (χ0v) is 8.92. The van der Waals surface area contributed by atoms with Crippen LogP contribution in [0.2, 0.25) is 0 Å². The van der Waals surface area contributed by atoms with Crippen LogP contribution in [0.3, 0.4) is 0 Å². The van der Waals surface area contributed by atoms with E-state index in [0.29, 0.717) is 5.92 Å². The quantitative estimate of drug-likeness (QED) is 0.752. The van der Waals surface area contributed by atoms with Crippen LogP contribution in [0.4, 0.5) is 0 Å². The van der Waals surface area contributed by atoms with Gasteiger partial charge in [-0.2, -0.15) is 0 Å². The highest BCUT2D eigenvalue weighted by atomic mass is 79.9. The standard InChI is InChI=1S/C9H12BrNO2/c10-5-8-9(13-6-11-8)7-1-3-12-4-2-7/h6-7H,1-5H2. The Morgan fingerprint density at radius 3 is 2.92 bits per heavy atom. The van der Waals surface area contributed by atoms with Gasteiger partial charge in [-0.3, -0.25) is 0 Å². The summed E-state index contributed by atoms with van der Waals surface area (Å²) < 4.78 is 10.7. The first kappa shape index (κ1) is 9.21. The van der Waals surface area contributed by atoms with E-state index in [1.807, 2.05) is 0 Å². The predicted octanol–water partition coefficient (Wildman–Crippen LogP) is 2.46. The number of ether oxygens (including phenoxy) is 1. The third kappa shape index (κ3) is 1.94. The zero-order chi connectivity index (χ0) is 9.10. The van der Waals surface area contributed by atoms with Crippen molar-refractivity contribution < 1.29 is 9.15 Å². The van der Waals surface area contributed by atoms with Gasteiger partial charge < -0.3 is 9.15 Å². The van der Waals surface area contributed by atoms with E-state index in [2.05, 4.69) is 20.9 Å². The van der Waals surface area contributed by atoms with Gasteiger partial charge in [0.1, 0.15) is 5.76 Å². The lowest BCUT2D eigenvalue weighted by molar-refractivity contribution is 0.0805. The Labute approximate surface area is 85.6 Å². The predicted molar refractivity (Wildman–Crippen MR) is 51.9 cm³/mol. The summed E-state index contributed by atoms with van der Waals surface area (Å²) in [5, 5.41) is 0.774. The van der Waals surface area contributed by atoms with E-state index in [9.17, 15) is 0 Å². The molecule has 1 aliphatic rings. The van der Waals surface area contributed by atoms with Crippen molar-refractivity contribution in [3.8, 4) is 0 Å². The van der Waals surface area contributed by atoms with E-state index >= 15 is 0 Å². The topological polar surface area (TPSA) is 35.3 Å². The van der Waals surface area contributed by atoms with Crippen LogP contribution in [0.15, 0.2) is 10.8 Å². The number of hydrogen-bond acceptors (Lipinski definition) is 3. The molecule has 0 spiro atoms. The molecule has 0 saturated carbocycles. The van der Waals surface area contributed by atoms with E-state index in [-0.39, 0.29) is 0 Å². The van der Waals surface area contributed by atoms with Crippen molar-refractivity contribution >= 4 is 15.9 Å². The zero-order valence-electron chi connectivity index (χ0n) is 7.33. The maximum Gasteiger partial charge on any atom is 0.181 e. The molecule has 0 atom stereocenters. The third-order valence-corrected chi connectivity index (χ3v) is 2.92. The molecule has 13 heavy (non-hydrogen) atoms. The van der Waals surface area contributed by atoms with E-state index in [0.717, 1.165) is 42.8 Å². The highest BCUT2D eigenvalue weighted by Gasteiger charge is 2.21. The van der Waals surface area contributed by atoms with Crippen LogP contribution in [0.5, 0.6) is 0 Å². The molecule has 0 N–H and O–H groups in total. The molecule has 0 aliphatic carbocycles. The molecule has 1 aromatic heterocycles. The van der Waals surface area contributed by atoms with Gasteiger partial charge in [-0.05, 0) is 12.8 Å². The Morgan fingerprint density at radius 2 is 2.23 bits per heavy atom. The Hall–Kier alpha value is -0.350. The van der Waals surface area contributed by atoms with Crippen LogP contribution in [0, 0.1) is 0 Å². The van der Waals surface area contributed by atoms with Gasteiger partial charge >= 0.3 is 0 Å². The number of alkyl halides is 1. The van der Waals surface area contributed by atoms with Crippen LogP contribution in [0.1, 0.15) is 30.2 Å². The number of rotatable bonds is 2. The van der Waals surface area contributed by atoms with Gasteiger partial charge in [-0.1, -0.05) is 15.9 Å². The van der Waals surface area contributed by atoms with Crippen molar-refractivity contribution in [2.24, 2.45) is 0 Å². The Bertz CT molecular complexity index is 268. The number of hydrogen-bond donors (Lipinski definition) is 0. The maximum atomic E-state index is 5.40. The first-order chi connectivity index (χ1) is 6.42. The minimum Gasteiger partial charge on any atom is -0.448 e. The van der Waals surface area contributed by atoms with Gasteiger partial charge in [0.05, 0.1) is 5.69 Å². The van der Waals surface area contributed by atoms with E-state index < -0.39 is 0 Å². The first-order valence-electron chi connectivity index (χ1n) is 4.47. The average molecular weight is 246 g/mol. The second-order valence-corrected chi connectivity index (χ2v) is 3.74. The van der Waals surface area contributed by atoms with Gasteiger partial charge in [0, 0.05) is 24.5 Å². The number of oxazole rings is 1. The lowest BCUT2D eigenvalue weighted by atomic mass is 9.96. The Morgan fingerprint density at radius 1 is 1.46 bits per heavy atom. The number of nitrogens with zero attached hydrogens (tertiary/aromatic N) is 1. The van der Waals surface area contributed by atoms with E-state index in [1.54, 1.807) is 0 Å². The van der Waals surface area contributed by atoms with Crippen LogP contribution >= 0.6 is 15.9 Å². The van der Waals surface area contributed by atoms with Crippen molar-refractivity contribution in [2.45, 2.75) is 24.1 Å². The van der Waals surface area contributed by atoms with E-state index in [4.69, 9.17) is 9.15 Å². The summed E-state index contributed by atoms with van der Waals surface area (Å²) in [6, 6.07) is 0.